The van der Waals surface area contributed by atoms with Crippen molar-refractivity contribution in [1.82, 2.24) is 0 Å². The normalized spacial score (nSPS) is 52.8. The molecule has 0 aromatic carbocycles. The van der Waals surface area contributed by atoms with Crippen molar-refractivity contribution in [2.45, 2.75) is 77.4 Å². The van der Waals surface area contributed by atoms with Crippen LogP contribution in [0.15, 0.2) is 0 Å². The number of fused-ring (bicyclic) bond motifs is 5. The molecular formula is C21H32O3. The summed E-state index contributed by atoms with van der Waals surface area (Å²) >= 11 is 0. The molecule has 1 spiro atoms. The standard InChI is InChI=1S/C21H32O3/c1-19-7-3-4-16(19)15-6-5-14-12-21(23-10-11-24-21)9-8-20(14,2)18(15)17(22)13-19/h14-16,18H,3-13H2,1-2H3/t14-,15-,16-,18+,19-,20-/m0/s1. The van der Waals surface area contributed by atoms with Gasteiger partial charge in [0.15, 0.2) is 5.79 Å². The molecule has 0 aromatic heterocycles. The predicted octanol–water partition coefficient (Wildman–Crippen LogP) is 4.34. The number of carbonyl (C=O) groups excluding carboxylic acids is 1. The van der Waals surface area contributed by atoms with Crippen molar-refractivity contribution in [3.63, 3.8) is 0 Å². The van der Waals surface area contributed by atoms with Gasteiger partial charge in [0.05, 0.1) is 13.2 Å². The second-order valence-corrected chi connectivity index (χ2v) is 10.0. The zero-order valence-corrected chi connectivity index (χ0v) is 15.3. The largest absolute Gasteiger partial charge is 0.348 e. The summed E-state index contributed by atoms with van der Waals surface area (Å²) in [7, 11) is 0. The third kappa shape index (κ3) is 2.00. The number of ether oxygens (including phenoxy) is 2. The number of Topliss-reactive ketones (excluding diaryl/α,β-unsaturated/α-hetero) is 1. The molecule has 6 atom stereocenters. The van der Waals surface area contributed by atoms with E-state index in [0.29, 0.717) is 29.0 Å². The Morgan fingerprint density at radius 3 is 2.58 bits per heavy atom. The fourth-order valence-corrected chi connectivity index (χ4v) is 7.78. The van der Waals surface area contributed by atoms with Gasteiger partial charge in [-0.1, -0.05) is 20.3 Å². The van der Waals surface area contributed by atoms with Gasteiger partial charge in [0.25, 0.3) is 0 Å². The third-order valence-electron chi connectivity index (χ3n) is 8.94. The molecule has 0 bridgehead atoms. The topological polar surface area (TPSA) is 35.5 Å². The van der Waals surface area contributed by atoms with E-state index in [2.05, 4.69) is 13.8 Å². The molecule has 24 heavy (non-hydrogen) atoms. The Balaban J connectivity index is 1.46. The van der Waals surface area contributed by atoms with Crippen LogP contribution >= 0.6 is 0 Å². The second-order valence-electron chi connectivity index (χ2n) is 10.0. The zero-order chi connectivity index (χ0) is 16.6. The van der Waals surface area contributed by atoms with Gasteiger partial charge in [-0.3, -0.25) is 4.79 Å². The van der Waals surface area contributed by atoms with E-state index in [1.165, 1.54) is 32.1 Å². The number of rotatable bonds is 0. The lowest BCUT2D eigenvalue weighted by Crippen LogP contribution is -2.58. The van der Waals surface area contributed by atoms with E-state index in [4.69, 9.17) is 9.47 Å². The Kier molecular flexibility index (Phi) is 3.34. The van der Waals surface area contributed by atoms with Crippen LogP contribution in [0.4, 0.5) is 0 Å². The molecule has 5 fully saturated rings. The van der Waals surface area contributed by atoms with E-state index in [0.717, 1.165) is 44.8 Å². The maximum absolute atomic E-state index is 13.3. The van der Waals surface area contributed by atoms with Gasteiger partial charge in [0.1, 0.15) is 5.78 Å². The Bertz CT molecular complexity index is 551. The van der Waals surface area contributed by atoms with Crippen LogP contribution < -0.4 is 0 Å². The van der Waals surface area contributed by atoms with Crippen LogP contribution in [0.3, 0.4) is 0 Å². The molecule has 5 aliphatic rings. The highest BCUT2D eigenvalue weighted by molar-refractivity contribution is 5.84. The van der Waals surface area contributed by atoms with Crippen molar-refractivity contribution in [1.29, 1.82) is 0 Å². The van der Waals surface area contributed by atoms with Crippen molar-refractivity contribution in [3.8, 4) is 0 Å². The predicted molar refractivity (Wildman–Crippen MR) is 91.4 cm³/mol. The van der Waals surface area contributed by atoms with Gasteiger partial charge < -0.3 is 9.47 Å². The van der Waals surface area contributed by atoms with Crippen molar-refractivity contribution in [2.24, 2.45) is 34.5 Å². The lowest BCUT2D eigenvalue weighted by atomic mass is 9.44. The van der Waals surface area contributed by atoms with Gasteiger partial charge in [-0.05, 0) is 60.7 Å². The van der Waals surface area contributed by atoms with Crippen LogP contribution in [0.5, 0.6) is 0 Å². The molecule has 5 rings (SSSR count). The van der Waals surface area contributed by atoms with Crippen molar-refractivity contribution < 1.29 is 14.3 Å². The van der Waals surface area contributed by atoms with Crippen LogP contribution in [-0.4, -0.2) is 24.8 Å². The summed E-state index contributed by atoms with van der Waals surface area (Å²) in [6.45, 7) is 6.33. The van der Waals surface area contributed by atoms with Gasteiger partial charge in [0.2, 0.25) is 0 Å². The molecule has 134 valence electrons. The number of carbonyl (C=O) groups is 1. The first-order valence-electron chi connectivity index (χ1n) is 10.3. The van der Waals surface area contributed by atoms with E-state index in [1.54, 1.807) is 0 Å². The minimum Gasteiger partial charge on any atom is -0.348 e. The molecule has 1 heterocycles. The minimum absolute atomic E-state index is 0.185. The first-order valence-corrected chi connectivity index (χ1v) is 10.3. The lowest BCUT2D eigenvalue weighted by molar-refractivity contribution is -0.226. The molecule has 0 radical (unpaired) electrons. The van der Waals surface area contributed by atoms with Crippen LogP contribution in [0.25, 0.3) is 0 Å². The van der Waals surface area contributed by atoms with Crippen LogP contribution in [0.1, 0.15) is 71.6 Å². The monoisotopic (exact) mass is 332 g/mol. The summed E-state index contributed by atoms with van der Waals surface area (Å²) in [5, 5.41) is 0. The summed E-state index contributed by atoms with van der Waals surface area (Å²) in [6.07, 6.45) is 10.5. The van der Waals surface area contributed by atoms with E-state index in [1.807, 2.05) is 0 Å². The highest BCUT2D eigenvalue weighted by Crippen LogP contribution is 2.66. The Hall–Kier alpha value is -0.410. The maximum Gasteiger partial charge on any atom is 0.168 e. The van der Waals surface area contributed by atoms with Crippen molar-refractivity contribution in [3.05, 3.63) is 0 Å². The van der Waals surface area contributed by atoms with E-state index >= 15 is 0 Å². The Morgan fingerprint density at radius 1 is 1.00 bits per heavy atom. The first-order chi connectivity index (χ1) is 11.5. The Morgan fingerprint density at radius 2 is 1.79 bits per heavy atom. The SMILES string of the molecule is C[C@@]12CCC[C@H]1[C@@H]1CC[C@H]3CC4(CC[C@]3(C)[C@H]1C(=O)C2)OCCO4. The maximum atomic E-state index is 13.3. The smallest absolute Gasteiger partial charge is 0.168 e. The number of hydrogen-bond acceptors (Lipinski definition) is 3. The zero-order valence-electron chi connectivity index (χ0n) is 15.3. The molecule has 0 N–H and O–H groups in total. The molecule has 3 heteroatoms. The summed E-state index contributed by atoms with van der Waals surface area (Å²) in [5.74, 6) is 2.65. The van der Waals surface area contributed by atoms with E-state index in [-0.39, 0.29) is 11.2 Å². The second kappa shape index (κ2) is 5.07. The summed E-state index contributed by atoms with van der Waals surface area (Å²) in [4.78, 5) is 13.3. The minimum atomic E-state index is -0.309. The molecule has 0 unspecified atom stereocenters. The van der Waals surface area contributed by atoms with Crippen molar-refractivity contribution in [2.75, 3.05) is 13.2 Å². The third-order valence-corrected chi connectivity index (χ3v) is 8.94. The van der Waals surface area contributed by atoms with Crippen LogP contribution in [0.2, 0.25) is 0 Å². The lowest BCUT2D eigenvalue weighted by Gasteiger charge is -2.60. The highest BCUT2D eigenvalue weighted by Gasteiger charge is 2.63. The Labute approximate surface area is 145 Å². The van der Waals surface area contributed by atoms with Crippen LogP contribution in [0, 0.1) is 34.5 Å². The fraction of sp³-hybridized carbons (Fsp3) is 0.952. The molecule has 1 saturated heterocycles. The number of hydrogen-bond donors (Lipinski definition) is 0. The molecule has 0 amide bonds. The summed E-state index contributed by atoms with van der Waals surface area (Å²) in [5.41, 5.74) is 0.499. The molecule has 4 saturated carbocycles. The van der Waals surface area contributed by atoms with Crippen LogP contribution in [-0.2, 0) is 14.3 Å². The summed E-state index contributed by atoms with van der Waals surface area (Å²) < 4.78 is 12.0. The molecule has 3 nitrogen and oxygen atoms in total. The van der Waals surface area contributed by atoms with E-state index in [9.17, 15) is 4.79 Å². The summed E-state index contributed by atoms with van der Waals surface area (Å²) in [6, 6.07) is 0. The fourth-order valence-electron chi connectivity index (χ4n) is 7.78. The molecule has 0 aromatic rings. The number of ketones is 1. The molecule has 4 aliphatic carbocycles. The van der Waals surface area contributed by atoms with Gasteiger partial charge >= 0.3 is 0 Å². The highest BCUT2D eigenvalue weighted by atomic mass is 16.7. The van der Waals surface area contributed by atoms with Gasteiger partial charge in [-0.25, -0.2) is 0 Å². The van der Waals surface area contributed by atoms with Gasteiger partial charge in [-0.2, -0.15) is 0 Å². The average Bonchev–Trinajstić information content (AvgIpc) is 3.14. The van der Waals surface area contributed by atoms with Gasteiger partial charge in [0, 0.05) is 25.2 Å². The average molecular weight is 332 g/mol. The van der Waals surface area contributed by atoms with Crippen molar-refractivity contribution >= 4 is 5.78 Å². The first kappa shape index (κ1) is 15.8. The van der Waals surface area contributed by atoms with E-state index < -0.39 is 0 Å². The molecule has 1 aliphatic heterocycles. The quantitative estimate of drug-likeness (QED) is 0.662. The molecular weight excluding hydrogens is 300 g/mol. The van der Waals surface area contributed by atoms with Gasteiger partial charge in [-0.15, -0.1) is 0 Å².